The summed E-state index contributed by atoms with van der Waals surface area (Å²) in [6.45, 7) is 7.40. The summed E-state index contributed by atoms with van der Waals surface area (Å²) < 4.78 is 0. The van der Waals surface area contributed by atoms with E-state index in [1.165, 1.54) is 11.1 Å². The van der Waals surface area contributed by atoms with Crippen molar-refractivity contribution in [2.24, 2.45) is 11.7 Å². The highest BCUT2D eigenvalue weighted by Crippen LogP contribution is 2.24. The molecule has 0 saturated heterocycles. The highest BCUT2D eigenvalue weighted by molar-refractivity contribution is 5.67. The number of aryl methyl sites for hydroxylation is 2. The zero-order valence-electron chi connectivity index (χ0n) is 16.0. The molecule has 1 atom stereocenters. The number of nitrogens with zero attached hydrogens (tertiary/aromatic N) is 1. The number of carboxylic acids is 1. The fourth-order valence-electron chi connectivity index (χ4n) is 3.63. The fraction of sp³-hybridized carbons (Fsp3) is 0.619. The van der Waals surface area contributed by atoms with E-state index in [2.05, 4.69) is 18.0 Å². The molecule has 26 heavy (non-hydrogen) atoms. The van der Waals surface area contributed by atoms with Gasteiger partial charge < -0.3 is 16.2 Å². The maximum absolute atomic E-state index is 10.9. The molecule has 0 radical (unpaired) electrons. The Morgan fingerprint density at radius 1 is 1.38 bits per heavy atom. The summed E-state index contributed by atoms with van der Waals surface area (Å²) in [6, 6.07) is 2.23. The zero-order valence-corrected chi connectivity index (χ0v) is 16.0. The van der Waals surface area contributed by atoms with Crippen molar-refractivity contribution < 1.29 is 9.90 Å². The Labute approximate surface area is 157 Å². The number of aliphatic carboxylic acids is 1. The highest BCUT2D eigenvalue weighted by Gasteiger charge is 2.15. The number of anilines is 1. The molecule has 0 aromatic carbocycles. The topological polar surface area (TPSA) is 88.2 Å². The zero-order chi connectivity index (χ0) is 18.9. The van der Waals surface area contributed by atoms with Gasteiger partial charge in [0.1, 0.15) is 5.82 Å². The smallest absolute Gasteiger partial charge is 0.303 e. The number of aromatic nitrogens is 1. The molecule has 0 saturated carbocycles. The molecule has 144 valence electrons. The third-order valence-corrected chi connectivity index (χ3v) is 5.24. The van der Waals surface area contributed by atoms with E-state index in [9.17, 15) is 4.79 Å². The number of unbranched alkanes of at least 4 members (excludes halogenated alkanes) is 3. The Hall–Kier alpha value is -1.88. The molecule has 0 spiro atoms. The van der Waals surface area contributed by atoms with E-state index in [4.69, 9.17) is 15.8 Å². The van der Waals surface area contributed by atoms with Gasteiger partial charge in [0, 0.05) is 18.8 Å². The van der Waals surface area contributed by atoms with Gasteiger partial charge in [-0.05, 0) is 62.1 Å². The molecule has 0 fully saturated rings. The summed E-state index contributed by atoms with van der Waals surface area (Å²) in [5.41, 5.74) is 10.5. The van der Waals surface area contributed by atoms with Crippen molar-refractivity contribution in [2.75, 3.05) is 11.9 Å². The second-order valence-electron chi connectivity index (χ2n) is 7.43. The maximum Gasteiger partial charge on any atom is 0.303 e. The van der Waals surface area contributed by atoms with Crippen molar-refractivity contribution in [3.63, 3.8) is 0 Å². The molecule has 0 amide bonds. The highest BCUT2D eigenvalue weighted by atomic mass is 16.4. The molecule has 0 unspecified atom stereocenters. The monoisotopic (exact) mass is 359 g/mol. The normalized spacial score (nSPS) is 14.4. The molecule has 2 heterocycles. The van der Waals surface area contributed by atoms with Crippen LogP contribution in [0.4, 0.5) is 5.82 Å². The van der Waals surface area contributed by atoms with E-state index in [0.29, 0.717) is 6.54 Å². The number of nitrogens with two attached hydrogens (primary N) is 1. The van der Waals surface area contributed by atoms with Crippen LogP contribution in [0, 0.1) is 5.92 Å². The number of hydrogen-bond acceptors (Lipinski definition) is 4. The first-order chi connectivity index (χ1) is 12.5. The van der Waals surface area contributed by atoms with Crippen molar-refractivity contribution in [2.45, 2.75) is 71.3 Å². The number of fused-ring (bicyclic) bond motifs is 1. The Morgan fingerprint density at radius 3 is 2.85 bits per heavy atom. The van der Waals surface area contributed by atoms with Gasteiger partial charge in [-0.15, -0.1) is 0 Å². The number of rotatable bonds is 11. The van der Waals surface area contributed by atoms with Gasteiger partial charge in [0.15, 0.2) is 0 Å². The number of allylic oxidation sites excluding steroid dienone is 1. The Bertz CT molecular complexity index is 628. The summed E-state index contributed by atoms with van der Waals surface area (Å²) in [5, 5.41) is 12.4. The van der Waals surface area contributed by atoms with Gasteiger partial charge in [-0.2, -0.15) is 0 Å². The lowest BCUT2D eigenvalue weighted by molar-refractivity contribution is -0.137. The lowest BCUT2D eigenvalue weighted by Gasteiger charge is -2.20. The summed E-state index contributed by atoms with van der Waals surface area (Å²) in [5.74, 6) is 0.408. The molecule has 5 nitrogen and oxygen atoms in total. The molecule has 5 heteroatoms. The van der Waals surface area contributed by atoms with E-state index in [-0.39, 0.29) is 12.3 Å². The van der Waals surface area contributed by atoms with E-state index in [1.54, 1.807) is 0 Å². The average Bonchev–Trinajstić information content (AvgIpc) is 2.62. The molecule has 0 aliphatic carbocycles. The quantitative estimate of drug-likeness (QED) is 0.410. The molecule has 1 aliphatic rings. The van der Waals surface area contributed by atoms with Gasteiger partial charge in [-0.1, -0.05) is 31.4 Å². The maximum atomic E-state index is 10.9. The summed E-state index contributed by atoms with van der Waals surface area (Å²) in [7, 11) is 0. The predicted molar refractivity (Wildman–Crippen MR) is 106 cm³/mol. The van der Waals surface area contributed by atoms with Crippen LogP contribution < -0.4 is 11.1 Å². The number of pyridine rings is 1. The van der Waals surface area contributed by atoms with Crippen LogP contribution in [-0.2, 0) is 24.2 Å². The molecule has 1 aromatic rings. The van der Waals surface area contributed by atoms with Gasteiger partial charge in [-0.3, -0.25) is 4.79 Å². The molecule has 1 aromatic heterocycles. The molecular weight excluding hydrogens is 326 g/mol. The van der Waals surface area contributed by atoms with Gasteiger partial charge in [0.2, 0.25) is 0 Å². The van der Waals surface area contributed by atoms with Crippen LogP contribution in [0.5, 0.6) is 0 Å². The van der Waals surface area contributed by atoms with Crippen molar-refractivity contribution in [3.05, 3.63) is 35.0 Å². The lowest BCUT2D eigenvalue weighted by Crippen LogP contribution is -2.16. The van der Waals surface area contributed by atoms with Crippen molar-refractivity contribution in [1.82, 2.24) is 4.98 Å². The second-order valence-corrected chi connectivity index (χ2v) is 7.43. The van der Waals surface area contributed by atoms with Crippen LogP contribution in [-0.4, -0.2) is 22.6 Å². The van der Waals surface area contributed by atoms with Gasteiger partial charge in [0.05, 0.1) is 6.42 Å². The van der Waals surface area contributed by atoms with Gasteiger partial charge in [0.25, 0.3) is 0 Å². The SMILES string of the molecule is C=C(C)[C@@H](CCCCCCc1nc2c(cc1CN)CCCN2)CC(=O)O. The van der Waals surface area contributed by atoms with E-state index < -0.39 is 5.97 Å². The van der Waals surface area contributed by atoms with Gasteiger partial charge >= 0.3 is 5.97 Å². The molecule has 1 aliphatic heterocycles. The second kappa shape index (κ2) is 10.3. The van der Waals surface area contributed by atoms with Crippen LogP contribution in [0.25, 0.3) is 0 Å². The summed E-state index contributed by atoms with van der Waals surface area (Å²) >= 11 is 0. The van der Waals surface area contributed by atoms with E-state index in [0.717, 1.165) is 75.0 Å². The average molecular weight is 360 g/mol. The van der Waals surface area contributed by atoms with Crippen molar-refractivity contribution in [3.8, 4) is 0 Å². The predicted octanol–water partition coefficient (Wildman–Crippen LogP) is 4.06. The van der Waals surface area contributed by atoms with E-state index in [1.807, 2.05) is 6.92 Å². The Kier molecular flexibility index (Phi) is 8.10. The first-order valence-electron chi connectivity index (χ1n) is 9.84. The fourth-order valence-corrected chi connectivity index (χ4v) is 3.63. The summed E-state index contributed by atoms with van der Waals surface area (Å²) in [6.07, 6.45) is 8.70. The van der Waals surface area contributed by atoms with Crippen LogP contribution in [0.15, 0.2) is 18.2 Å². The van der Waals surface area contributed by atoms with Gasteiger partial charge in [-0.25, -0.2) is 4.98 Å². The minimum absolute atomic E-state index is 0.102. The summed E-state index contributed by atoms with van der Waals surface area (Å²) in [4.78, 5) is 15.7. The molecule has 2 rings (SSSR count). The standard InChI is InChI=1S/C21H33N3O2/c1-15(2)16(13-20(25)26)8-5-3-4-6-10-19-18(14-22)12-17-9-7-11-23-21(17)24-19/h12,16H,1,3-11,13-14,22H2,2H3,(H,23,24)(H,25,26)/t16-/m0/s1. The van der Waals surface area contributed by atoms with Crippen molar-refractivity contribution in [1.29, 1.82) is 0 Å². The molecule has 0 bridgehead atoms. The Morgan fingerprint density at radius 2 is 2.15 bits per heavy atom. The number of carboxylic acid groups (broad SMARTS) is 1. The minimum Gasteiger partial charge on any atom is -0.481 e. The molecule has 4 N–H and O–H groups in total. The van der Waals surface area contributed by atoms with Crippen molar-refractivity contribution >= 4 is 11.8 Å². The third-order valence-electron chi connectivity index (χ3n) is 5.24. The van der Waals surface area contributed by atoms with Crippen LogP contribution in [0.3, 0.4) is 0 Å². The lowest BCUT2D eigenvalue weighted by atomic mass is 9.91. The minimum atomic E-state index is -0.737. The van der Waals surface area contributed by atoms with Crippen LogP contribution in [0.2, 0.25) is 0 Å². The molecular formula is C21H33N3O2. The number of carbonyl (C=O) groups is 1. The first-order valence-corrected chi connectivity index (χ1v) is 9.84. The number of hydrogen-bond donors (Lipinski definition) is 3. The Balaban J connectivity index is 1.76. The van der Waals surface area contributed by atoms with Crippen LogP contribution >= 0.6 is 0 Å². The van der Waals surface area contributed by atoms with E-state index >= 15 is 0 Å². The largest absolute Gasteiger partial charge is 0.481 e. The van der Waals surface area contributed by atoms with Crippen LogP contribution in [0.1, 0.15) is 68.7 Å². The first kappa shape index (κ1) is 20.4. The number of nitrogens with one attached hydrogen (secondary N) is 1. The third kappa shape index (κ3) is 6.13.